The summed E-state index contributed by atoms with van der Waals surface area (Å²) < 4.78 is 17.0. The number of esters is 2. The van der Waals surface area contributed by atoms with E-state index >= 15 is 0 Å². The molecule has 0 aliphatic heterocycles. The summed E-state index contributed by atoms with van der Waals surface area (Å²) >= 11 is 1.81. The minimum Gasteiger partial charge on any atom is -0.461 e. The van der Waals surface area contributed by atoms with Crippen LogP contribution in [0.3, 0.4) is 0 Å². The molecule has 5 aromatic carbocycles. The Balaban J connectivity index is 0.962. The fraction of sp³-hybridized carbons (Fsp3) is 0.270. The maximum atomic E-state index is 14.2. The van der Waals surface area contributed by atoms with E-state index in [9.17, 15) is 19.2 Å². The lowest BCUT2D eigenvalue weighted by molar-refractivity contribution is -0.151. The first kappa shape index (κ1) is 54.6. The smallest absolute Gasteiger partial charge is 0.407 e. The zero-order chi connectivity index (χ0) is 53.5. The minimum absolute atomic E-state index is 0.0740. The van der Waals surface area contributed by atoms with Crippen molar-refractivity contribution in [2.45, 2.75) is 81.7 Å². The number of amides is 2. The normalized spacial score (nSPS) is 13.1. The molecule has 2 aromatic heterocycles. The van der Waals surface area contributed by atoms with Gasteiger partial charge in [0.1, 0.15) is 24.4 Å². The second-order valence-electron chi connectivity index (χ2n) is 20.4. The molecule has 76 heavy (non-hydrogen) atoms. The topological polar surface area (TPSA) is 146 Å². The van der Waals surface area contributed by atoms with Gasteiger partial charge in [-0.3, -0.25) is 4.79 Å². The van der Waals surface area contributed by atoms with E-state index in [0.29, 0.717) is 35.9 Å². The quantitative estimate of drug-likeness (QED) is 0.0159. The van der Waals surface area contributed by atoms with Crippen LogP contribution in [0.2, 0.25) is 25.7 Å². The molecule has 7 aromatic rings. The van der Waals surface area contributed by atoms with Gasteiger partial charge in [0, 0.05) is 14.0 Å². The third kappa shape index (κ3) is 14.0. The van der Waals surface area contributed by atoms with Crippen LogP contribution in [0.25, 0.3) is 22.5 Å². The van der Waals surface area contributed by atoms with Gasteiger partial charge < -0.3 is 24.8 Å². The van der Waals surface area contributed by atoms with Crippen LogP contribution >= 0.6 is 11.8 Å². The van der Waals surface area contributed by atoms with Crippen LogP contribution in [0.4, 0.5) is 4.79 Å². The molecule has 0 saturated carbocycles. The van der Waals surface area contributed by atoms with Gasteiger partial charge in [0.25, 0.3) is 0 Å². The Morgan fingerprint density at radius 3 is 1.80 bits per heavy atom. The first-order valence-electron chi connectivity index (χ1n) is 26.0. The molecule has 2 atom stereocenters. The second kappa shape index (κ2) is 25.8. The van der Waals surface area contributed by atoms with Gasteiger partial charge in [0.2, 0.25) is 5.91 Å². The highest BCUT2D eigenvalue weighted by Gasteiger charge is 2.37. The average molecular weight is 1050 g/mol. The number of benzene rings is 5. The van der Waals surface area contributed by atoms with E-state index in [4.69, 9.17) is 19.2 Å². The lowest BCUT2D eigenvalue weighted by Crippen LogP contribution is -2.47. The molecule has 2 amide bonds. The van der Waals surface area contributed by atoms with E-state index in [1.165, 1.54) is 0 Å². The summed E-state index contributed by atoms with van der Waals surface area (Å²) in [5, 5.41) is 5.73. The van der Waals surface area contributed by atoms with Crippen molar-refractivity contribution < 1.29 is 33.4 Å². The summed E-state index contributed by atoms with van der Waals surface area (Å²) in [6, 6.07) is 57.9. The number of carbonyl (C=O) groups is 4. The lowest BCUT2D eigenvalue weighted by atomic mass is 9.84. The van der Waals surface area contributed by atoms with Gasteiger partial charge in [0.15, 0.2) is 0 Å². The zero-order valence-electron chi connectivity index (χ0n) is 43.8. The van der Waals surface area contributed by atoms with Crippen LogP contribution in [0.15, 0.2) is 188 Å². The molecular weight excluding hydrogens is 985 g/mol. The first-order chi connectivity index (χ1) is 36.8. The number of alkyl carbamates (subject to hydrolysis) is 1. The molecular formula is C63H66N4O7SSi. The number of nitrogens with zero attached hydrogens (tertiary/aromatic N) is 2. The number of rotatable bonds is 23. The number of nitrogens with one attached hydrogen (secondary N) is 2. The number of thioether (sulfide) groups is 1. The van der Waals surface area contributed by atoms with Gasteiger partial charge >= 0.3 is 18.0 Å². The predicted molar refractivity (Wildman–Crippen MR) is 305 cm³/mol. The summed E-state index contributed by atoms with van der Waals surface area (Å²) in [7, 11) is -1.39. The fourth-order valence-corrected chi connectivity index (χ4v) is 11.5. The van der Waals surface area contributed by atoms with Crippen molar-refractivity contribution in [3.63, 3.8) is 0 Å². The van der Waals surface area contributed by atoms with Crippen molar-refractivity contribution in [3.05, 3.63) is 227 Å². The fourth-order valence-electron chi connectivity index (χ4n) is 9.31. The van der Waals surface area contributed by atoms with Crippen LogP contribution in [-0.4, -0.2) is 73.1 Å². The standard InChI is InChI=1S/C63H66N4O7SSi/c1-44(2)59(67-62(71)73-43-54-52-33-17-15-31-50(52)51-32-16-18-34-53(51)54)61(70)74-49(30-19-20-39-75-63(45-23-9-6-10-24-45,46-25-11-7-12-26-46)47-27-13-8-14-28-47)41-58(68)64-42-48-29-21-35-55(65-48)56-36-22-37-57(66-56)60(69)72-38-40-76(3,4)5/h6-19,21-37,44,49,54,59H,20,38-43H2,1-5H3,(H,64,68)(H,67,71)/t49-,59-/m1/s1. The van der Waals surface area contributed by atoms with Crippen LogP contribution in [-0.2, 0) is 35.1 Å². The lowest BCUT2D eigenvalue weighted by Gasteiger charge is -2.35. The molecule has 11 nitrogen and oxygen atoms in total. The third-order valence-electron chi connectivity index (χ3n) is 13.3. The highest BCUT2D eigenvalue weighted by Crippen LogP contribution is 2.49. The van der Waals surface area contributed by atoms with Gasteiger partial charge in [0.05, 0.1) is 41.4 Å². The summed E-state index contributed by atoms with van der Waals surface area (Å²) in [5.74, 6) is -1.42. The van der Waals surface area contributed by atoms with Gasteiger partial charge in [-0.05, 0) is 93.4 Å². The molecule has 0 radical (unpaired) electrons. The monoisotopic (exact) mass is 1050 g/mol. The number of carbonyl (C=O) groups excluding carboxylic acids is 4. The summed E-state index contributed by atoms with van der Waals surface area (Å²) in [6.45, 7) is 10.8. The van der Waals surface area contributed by atoms with Crippen molar-refractivity contribution in [3.8, 4) is 22.5 Å². The number of hydrogen-bond acceptors (Lipinski definition) is 10. The molecule has 390 valence electrons. The highest BCUT2D eigenvalue weighted by atomic mass is 32.2. The molecule has 8 rings (SSSR count). The van der Waals surface area contributed by atoms with Crippen LogP contribution in [0.1, 0.15) is 76.6 Å². The Morgan fingerprint density at radius 2 is 1.22 bits per heavy atom. The molecule has 0 unspecified atom stereocenters. The van der Waals surface area contributed by atoms with E-state index < -0.39 is 43.0 Å². The summed E-state index contributed by atoms with van der Waals surface area (Å²) in [5.41, 5.74) is 9.56. The third-order valence-corrected chi connectivity index (χ3v) is 16.5. The van der Waals surface area contributed by atoms with Crippen molar-refractivity contribution in [2.24, 2.45) is 5.92 Å². The van der Waals surface area contributed by atoms with E-state index in [1.807, 2.05) is 92.3 Å². The Kier molecular flexibility index (Phi) is 18.5. The summed E-state index contributed by atoms with van der Waals surface area (Å²) in [4.78, 5) is 63.8. The van der Waals surface area contributed by atoms with Crippen molar-refractivity contribution in [1.82, 2.24) is 20.6 Å². The number of pyridine rings is 2. The first-order valence-corrected chi connectivity index (χ1v) is 30.6. The van der Waals surface area contributed by atoms with Crippen LogP contribution in [0, 0.1) is 5.92 Å². The van der Waals surface area contributed by atoms with Crippen molar-refractivity contribution >= 4 is 43.8 Å². The van der Waals surface area contributed by atoms with Gasteiger partial charge in [-0.25, -0.2) is 24.4 Å². The van der Waals surface area contributed by atoms with E-state index in [1.54, 1.807) is 36.4 Å². The van der Waals surface area contributed by atoms with Crippen LogP contribution < -0.4 is 10.6 Å². The average Bonchev–Trinajstić information content (AvgIpc) is 3.80. The van der Waals surface area contributed by atoms with Crippen LogP contribution in [0.5, 0.6) is 0 Å². The minimum atomic E-state index is -1.39. The number of allylic oxidation sites excluding steroid dienone is 1. The second-order valence-corrected chi connectivity index (χ2v) is 27.3. The molecule has 0 bridgehead atoms. The van der Waals surface area contributed by atoms with Gasteiger partial charge in [-0.2, -0.15) is 0 Å². The predicted octanol–water partition coefficient (Wildman–Crippen LogP) is 12.8. The molecule has 2 heterocycles. The van der Waals surface area contributed by atoms with E-state index in [0.717, 1.165) is 45.0 Å². The molecule has 0 fully saturated rings. The Hall–Kier alpha value is -7.61. The number of aromatic nitrogens is 2. The Bertz CT molecular complexity index is 2970. The molecule has 1 aliphatic rings. The molecule has 0 spiro atoms. The highest BCUT2D eigenvalue weighted by molar-refractivity contribution is 8.00. The number of fused-ring (bicyclic) bond motifs is 3. The number of ether oxygens (including phenoxy) is 3. The SMILES string of the molecule is CC(C)[C@@H](NC(=O)OCC1c2ccccc2-c2ccccc21)C(=O)O[C@H](C=CCCSC(c1ccccc1)(c1ccccc1)c1ccccc1)CC(=O)NCc1cccc(-c2cccc(C(=O)OCC[Si](C)(C)C)n2)n1. The van der Waals surface area contributed by atoms with E-state index in [-0.39, 0.29) is 43.0 Å². The maximum Gasteiger partial charge on any atom is 0.407 e. The largest absolute Gasteiger partial charge is 0.461 e. The van der Waals surface area contributed by atoms with Gasteiger partial charge in [-0.1, -0.05) is 191 Å². The zero-order valence-corrected chi connectivity index (χ0v) is 45.6. The number of hydrogen-bond donors (Lipinski definition) is 2. The molecule has 0 saturated heterocycles. The summed E-state index contributed by atoms with van der Waals surface area (Å²) in [6.07, 6.45) is 2.36. The Morgan fingerprint density at radius 1 is 0.671 bits per heavy atom. The maximum absolute atomic E-state index is 14.2. The Labute approximate surface area is 452 Å². The molecule has 13 heteroatoms. The molecule has 2 N–H and O–H groups in total. The van der Waals surface area contributed by atoms with Crippen molar-refractivity contribution in [2.75, 3.05) is 19.0 Å². The molecule has 1 aliphatic carbocycles. The van der Waals surface area contributed by atoms with Gasteiger partial charge in [-0.15, -0.1) is 11.8 Å². The van der Waals surface area contributed by atoms with Crippen molar-refractivity contribution in [1.29, 1.82) is 0 Å². The van der Waals surface area contributed by atoms with E-state index in [2.05, 4.69) is 120 Å².